The van der Waals surface area contributed by atoms with E-state index in [4.69, 9.17) is 9.47 Å². The molecular formula is C23H29N3O4. The fraction of sp³-hybridized carbons (Fsp3) is 0.478. The monoisotopic (exact) mass is 411 g/mol. The fourth-order valence-corrected chi connectivity index (χ4v) is 4.05. The maximum absolute atomic E-state index is 13.1. The van der Waals surface area contributed by atoms with Crippen molar-refractivity contribution in [1.29, 1.82) is 0 Å². The van der Waals surface area contributed by atoms with Crippen molar-refractivity contribution in [2.75, 3.05) is 40.4 Å². The lowest BCUT2D eigenvalue weighted by Gasteiger charge is -2.35. The van der Waals surface area contributed by atoms with E-state index in [0.717, 1.165) is 55.1 Å². The van der Waals surface area contributed by atoms with E-state index in [-0.39, 0.29) is 17.5 Å². The topological polar surface area (TPSA) is 64.0 Å². The van der Waals surface area contributed by atoms with Gasteiger partial charge in [-0.25, -0.2) is 0 Å². The van der Waals surface area contributed by atoms with Crippen LogP contribution in [0.25, 0.3) is 0 Å². The quantitative estimate of drug-likeness (QED) is 0.731. The van der Waals surface area contributed by atoms with Gasteiger partial charge >= 0.3 is 0 Å². The van der Waals surface area contributed by atoms with Gasteiger partial charge in [0.2, 0.25) is 0 Å². The van der Waals surface area contributed by atoms with Crippen LogP contribution in [0.1, 0.15) is 40.4 Å². The summed E-state index contributed by atoms with van der Waals surface area (Å²) in [4.78, 5) is 30.1. The predicted molar refractivity (Wildman–Crippen MR) is 114 cm³/mol. The molecule has 0 atom stereocenters. The molecule has 7 heteroatoms. The number of hydrogen-bond donors (Lipinski definition) is 0. The van der Waals surface area contributed by atoms with E-state index in [2.05, 4.69) is 4.90 Å². The van der Waals surface area contributed by atoms with Gasteiger partial charge in [-0.2, -0.15) is 0 Å². The first kappa shape index (κ1) is 20.5. The molecule has 0 spiro atoms. The van der Waals surface area contributed by atoms with Crippen molar-refractivity contribution in [2.24, 2.45) is 0 Å². The van der Waals surface area contributed by atoms with Gasteiger partial charge in [0, 0.05) is 50.5 Å². The van der Waals surface area contributed by atoms with Crippen LogP contribution in [0.2, 0.25) is 0 Å². The number of hydrogen-bond acceptors (Lipinski definition) is 5. The molecule has 2 aliphatic rings. The minimum Gasteiger partial charge on any atom is -0.497 e. The van der Waals surface area contributed by atoms with Crippen LogP contribution in [0.15, 0.2) is 35.3 Å². The highest BCUT2D eigenvalue weighted by Gasteiger charge is 2.30. The molecule has 1 aromatic carbocycles. The number of pyridine rings is 1. The molecule has 1 amide bonds. The molecule has 30 heavy (non-hydrogen) atoms. The van der Waals surface area contributed by atoms with E-state index in [0.29, 0.717) is 18.7 Å². The van der Waals surface area contributed by atoms with E-state index >= 15 is 0 Å². The number of amides is 1. The Balaban J connectivity index is 1.44. The Morgan fingerprint density at radius 3 is 2.43 bits per heavy atom. The predicted octanol–water partition coefficient (Wildman–Crippen LogP) is 2.47. The van der Waals surface area contributed by atoms with Gasteiger partial charge < -0.3 is 18.9 Å². The Morgan fingerprint density at radius 1 is 1.07 bits per heavy atom. The Kier molecular flexibility index (Phi) is 5.81. The van der Waals surface area contributed by atoms with Gasteiger partial charge in [0.15, 0.2) is 0 Å². The molecule has 0 bridgehead atoms. The minimum atomic E-state index is -0.147. The molecule has 2 aromatic rings. The smallest absolute Gasteiger partial charge is 0.263 e. The van der Waals surface area contributed by atoms with E-state index < -0.39 is 0 Å². The van der Waals surface area contributed by atoms with Crippen molar-refractivity contribution in [2.45, 2.75) is 32.4 Å². The first-order valence-electron chi connectivity index (χ1n) is 10.5. The van der Waals surface area contributed by atoms with Crippen molar-refractivity contribution in [3.63, 3.8) is 0 Å². The van der Waals surface area contributed by atoms with Crippen molar-refractivity contribution < 1.29 is 14.3 Å². The number of nitrogens with zero attached hydrogens (tertiary/aromatic N) is 3. The Morgan fingerprint density at radius 2 is 1.80 bits per heavy atom. The van der Waals surface area contributed by atoms with Crippen LogP contribution in [0, 0.1) is 6.92 Å². The molecule has 160 valence electrons. The van der Waals surface area contributed by atoms with Gasteiger partial charge in [-0.1, -0.05) is 0 Å². The van der Waals surface area contributed by atoms with Crippen LogP contribution in [-0.4, -0.2) is 60.7 Å². The van der Waals surface area contributed by atoms with Crippen LogP contribution < -0.4 is 15.0 Å². The average Bonchev–Trinajstić information content (AvgIpc) is 3.59. The second-order valence-corrected chi connectivity index (χ2v) is 8.06. The normalized spacial score (nSPS) is 17.1. The summed E-state index contributed by atoms with van der Waals surface area (Å²) in [5.41, 5.74) is 1.99. The third-order valence-corrected chi connectivity index (χ3v) is 6.02. The van der Waals surface area contributed by atoms with Gasteiger partial charge in [-0.3, -0.25) is 14.5 Å². The third-order valence-electron chi connectivity index (χ3n) is 6.02. The maximum atomic E-state index is 13.1. The van der Waals surface area contributed by atoms with Crippen molar-refractivity contribution in [3.8, 4) is 11.5 Å². The van der Waals surface area contributed by atoms with Crippen molar-refractivity contribution in [3.05, 3.63) is 57.5 Å². The summed E-state index contributed by atoms with van der Waals surface area (Å²) < 4.78 is 12.5. The second-order valence-electron chi connectivity index (χ2n) is 8.06. The summed E-state index contributed by atoms with van der Waals surface area (Å²) in [5.74, 6) is 1.48. The number of carbonyl (C=O) groups excluding carboxylic acids is 1. The van der Waals surface area contributed by atoms with Crippen LogP contribution in [0.4, 0.5) is 0 Å². The fourth-order valence-electron chi connectivity index (χ4n) is 4.05. The Hall–Kier alpha value is -2.80. The van der Waals surface area contributed by atoms with Crippen LogP contribution in [-0.2, 0) is 6.54 Å². The number of aromatic nitrogens is 1. The molecule has 0 radical (unpaired) electrons. The van der Waals surface area contributed by atoms with Crippen LogP contribution in [0.3, 0.4) is 0 Å². The molecule has 1 aliphatic carbocycles. The van der Waals surface area contributed by atoms with E-state index in [1.54, 1.807) is 23.7 Å². The average molecular weight is 412 g/mol. The standard InChI is InChI=1S/C23H29N3O4/c1-16-8-9-26(18-4-5-18)23(28)21(16)22(27)25-12-10-24(11-13-25)15-17-14-19(29-2)6-7-20(17)30-3/h6-9,14,18H,4-5,10-13,15H2,1-3H3. The van der Waals surface area contributed by atoms with Gasteiger partial charge in [0.05, 0.1) is 14.2 Å². The van der Waals surface area contributed by atoms with Gasteiger partial charge in [-0.05, 0) is 49.6 Å². The van der Waals surface area contributed by atoms with Gasteiger partial charge in [-0.15, -0.1) is 0 Å². The van der Waals surface area contributed by atoms with E-state index in [9.17, 15) is 9.59 Å². The lowest BCUT2D eigenvalue weighted by molar-refractivity contribution is 0.0624. The lowest BCUT2D eigenvalue weighted by atomic mass is 10.1. The van der Waals surface area contributed by atoms with E-state index in [1.165, 1.54) is 0 Å². The summed E-state index contributed by atoms with van der Waals surface area (Å²) in [5, 5.41) is 0. The molecule has 1 aliphatic heterocycles. The van der Waals surface area contributed by atoms with Crippen LogP contribution in [0.5, 0.6) is 11.5 Å². The highest BCUT2D eigenvalue weighted by Crippen LogP contribution is 2.33. The molecule has 2 fully saturated rings. The zero-order chi connectivity index (χ0) is 21.3. The highest BCUT2D eigenvalue weighted by molar-refractivity contribution is 5.95. The summed E-state index contributed by atoms with van der Waals surface area (Å²) in [7, 11) is 3.32. The highest BCUT2D eigenvalue weighted by atomic mass is 16.5. The SMILES string of the molecule is COc1ccc(OC)c(CN2CCN(C(=O)c3c(C)ccn(C4CC4)c3=O)CC2)c1. The van der Waals surface area contributed by atoms with Gasteiger partial charge in [0.25, 0.3) is 11.5 Å². The number of methoxy groups -OCH3 is 2. The van der Waals surface area contributed by atoms with Crippen molar-refractivity contribution >= 4 is 5.91 Å². The molecular weight excluding hydrogens is 382 g/mol. The number of carbonyl (C=O) groups is 1. The zero-order valence-corrected chi connectivity index (χ0v) is 17.9. The summed E-state index contributed by atoms with van der Waals surface area (Å²) in [6, 6.07) is 7.94. The second kappa shape index (κ2) is 8.52. The third kappa shape index (κ3) is 4.07. The maximum Gasteiger partial charge on any atom is 0.263 e. The molecule has 1 saturated heterocycles. The Bertz CT molecular complexity index is 988. The molecule has 2 heterocycles. The lowest BCUT2D eigenvalue weighted by Crippen LogP contribution is -2.49. The molecule has 4 rings (SSSR count). The molecule has 0 N–H and O–H groups in total. The Labute approximate surface area is 176 Å². The minimum absolute atomic E-state index is 0.147. The van der Waals surface area contributed by atoms with Crippen LogP contribution >= 0.6 is 0 Å². The molecule has 7 nitrogen and oxygen atoms in total. The summed E-state index contributed by atoms with van der Waals surface area (Å²) in [6.45, 7) is 5.26. The molecule has 0 unspecified atom stereocenters. The zero-order valence-electron chi connectivity index (χ0n) is 17.9. The summed E-state index contributed by atoms with van der Waals surface area (Å²) in [6.07, 6.45) is 3.86. The number of rotatable bonds is 6. The number of benzene rings is 1. The number of aryl methyl sites for hydroxylation is 1. The molecule has 1 aromatic heterocycles. The first-order valence-corrected chi connectivity index (χ1v) is 10.5. The van der Waals surface area contributed by atoms with Gasteiger partial charge in [0.1, 0.15) is 17.1 Å². The summed E-state index contributed by atoms with van der Waals surface area (Å²) >= 11 is 0. The largest absolute Gasteiger partial charge is 0.497 e. The number of piperazine rings is 1. The molecule has 1 saturated carbocycles. The van der Waals surface area contributed by atoms with Crippen molar-refractivity contribution in [1.82, 2.24) is 14.4 Å². The first-order chi connectivity index (χ1) is 14.5. The number of ether oxygens (including phenoxy) is 2. The van der Waals surface area contributed by atoms with E-state index in [1.807, 2.05) is 37.4 Å².